The Morgan fingerprint density at radius 1 is 1.03 bits per heavy atom. The Labute approximate surface area is 177 Å². The van der Waals surface area contributed by atoms with E-state index < -0.39 is 12.0 Å². The highest BCUT2D eigenvalue weighted by molar-refractivity contribution is 5.78. The number of methoxy groups -OCH3 is 1. The van der Waals surface area contributed by atoms with E-state index in [-0.39, 0.29) is 25.4 Å². The van der Waals surface area contributed by atoms with Crippen LogP contribution in [0.3, 0.4) is 0 Å². The Hall–Kier alpha value is -3.22. The van der Waals surface area contributed by atoms with Crippen molar-refractivity contribution in [3.8, 4) is 17.2 Å². The second kappa shape index (κ2) is 11.7. The molecule has 0 aliphatic rings. The average Bonchev–Trinajstić information content (AvgIpc) is 2.72. The summed E-state index contributed by atoms with van der Waals surface area (Å²) in [5, 5.41) is 12.0. The Balaban J connectivity index is 2.01. The lowest BCUT2D eigenvalue weighted by Gasteiger charge is -2.19. The number of aryl methyl sites for hydroxylation is 1. The van der Waals surface area contributed by atoms with Gasteiger partial charge in [0, 0.05) is 0 Å². The SMILES string of the molecule is CCCOc1ccc(C(CC(=O)O)NC(=O)CCOc2ccc(C)cc2)cc1OC. The maximum Gasteiger partial charge on any atom is 0.305 e. The minimum absolute atomic E-state index is 0.110. The number of ether oxygens (including phenoxy) is 3. The molecule has 162 valence electrons. The highest BCUT2D eigenvalue weighted by Crippen LogP contribution is 2.31. The first-order chi connectivity index (χ1) is 14.4. The van der Waals surface area contributed by atoms with Crippen LogP contribution in [0.15, 0.2) is 42.5 Å². The number of amides is 1. The Kier molecular flexibility index (Phi) is 9.00. The number of rotatable bonds is 12. The van der Waals surface area contributed by atoms with E-state index in [0.717, 1.165) is 12.0 Å². The van der Waals surface area contributed by atoms with Gasteiger partial charge in [-0.15, -0.1) is 0 Å². The van der Waals surface area contributed by atoms with Crippen molar-refractivity contribution in [1.29, 1.82) is 0 Å². The van der Waals surface area contributed by atoms with Gasteiger partial charge in [0.25, 0.3) is 0 Å². The summed E-state index contributed by atoms with van der Waals surface area (Å²) < 4.78 is 16.6. The molecule has 7 heteroatoms. The highest BCUT2D eigenvalue weighted by atomic mass is 16.5. The molecule has 0 fully saturated rings. The number of nitrogens with one attached hydrogen (secondary N) is 1. The monoisotopic (exact) mass is 415 g/mol. The third kappa shape index (κ3) is 7.31. The minimum atomic E-state index is -1.01. The summed E-state index contributed by atoms with van der Waals surface area (Å²) in [5.41, 5.74) is 1.75. The molecule has 7 nitrogen and oxygen atoms in total. The van der Waals surface area contributed by atoms with Crippen LogP contribution in [0, 0.1) is 6.92 Å². The number of carbonyl (C=O) groups is 2. The van der Waals surface area contributed by atoms with E-state index in [2.05, 4.69) is 5.32 Å². The molecule has 1 atom stereocenters. The van der Waals surface area contributed by atoms with E-state index in [9.17, 15) is 14.7 Å². The second-order valence-corrected chi connectivity index (χ2v) is 6.89. The lowest BCUT2D eigenvalue weighted by atomic mass is 10.0. The number of hydrogen-bond donors (Lipinski definition) is 2. The number of hydrogen-bond acceptors (Lipinski definition) is 5. The van der Waals surface area contributed by atoms with Crippen LogP contribution >= 0.6 is 0 Å². The van der Waals surface area contributed by atoms with Crippen molar-refractivity contribution in [3.05, 3.63) is 53.6 Å². The average molecular weight is 415 g/mol. The number of aliphatic carboxylic acids is 1. The molecule has 1 amide bonds. The van der Waals surface area contributed by atoms with Crippen molar-refractivity contribution in [3.63, 3.8) is 0 Å². The third-order valence-corrected chi connectivity index (χ3v) is 4.38. The lowest BCUT2D eigenvalue weighted by Crippen LogP contribution is -2.31. The smallest absolute Gasteiger partial charge is 0.305 e. The van der Waals surface area contributed by atoms with E-state index in [4.69, 9.17) is 14.2 Å². The molecule has 0 aliphatic heterocycles. The number of benzene rings is 2. The van der Waals surface area contributed by atoms with Crippen molar-refractivity contribution in [2.45, 2.75) is 39.2 Å². The maximum absolute atomic E-state index is 12.4. The van der Waals surface area contributed by atoms with Gasteiger partial charge in [0.1, 0.15) is 5.75 Å². The maximum atomic E-state index is 12.4. The van der Waals surface area contributed by atoms with Crippen molar-refractivity contribution in [2.75, 3.05) is 20.3 Å². The molecule has 0 heterocycles. The van der Waals surface area contributed by atoms with Gasteiger partial charge in [0.15, 0.2) is 11.5 Å². The van der Waals surface area contributed by atoms with E-state index in [0.29, 0.717) is 29.4 Å². The van der Waals surface area contributed by atoms with Crippen LogP contribution in [0.5, 0.6) is 17.2 Å². The van der Waals surface area contributed by atoms with Crippen molar-refractivity contribution < 1.29 is 28.9 Å². The van der Waals surface area contributed by atoms with Gasteiger partial charge in [-0.3, -0.25) is 9.59 Å². The van der Waals surface area contributed by atoms with Crippen LogP contribution in [0.2, 0.25) is 0 Å². The molecule has 2 N–H and O–H groups in total. The summed E-state index contributed by atoms with van der Waals surface area (Å²) in [6.45, 7) is 4.73. The summed E-state index contributed by atoms with van der Waals surface area (Å²) in [6.07, 6.45) is 0.717. The standard InChI is InChI=1S/C23H29NO6/c1-4-12-30-20-10-7-17(14-21(20)28-3)19(15-23(26)27)24-22(25)11-13-29-18-8-5-16(2)6-9-18/h5-10,14,19H,4,11-13,15H2,1-3H3,(H,24,25)(H,26,27). The summed E-state index contributed by atoms with van der Waals surface area (Å²) >= 11 is 0. The van der Waals surface area contributed by atoms with Crippen LogP contribution in [-0.2, 0) is 9.59 Å². The first kappa shape index (κ1) is 23.1. The highest BCUT2D eigenvalue weighted by Gasteiger charge is 2.20. The molecule has 0 saturated carbocycles. The van der Waals surface area contributed by atoms with Crippen molar-refractivity contribution in [1.82, 2.24) is 5.32 Å². The summed E-state index contributed by atoms with van der Waals surface area (Å²) in [4.78, 5) is 23.7. The van der Waals surface area contributed by atoms with Gasteiger partial charge in [-0.2, -0.15) is 0 Å². The summed E-state index contributed by atoms with van der Waals surface area (Å²) in [6, 6.07) is 12.0. The topological polar surface area (TPSA) is 94.1 Å². The number of carbonyl (C=O) groups excluding carboxylic acids is 1. The van der Waals surface area contributed by atoms with Gasteiger partial charge in [-0.1, -0.05) is 30.7 Å². The Bertz CT molecular complexity index is 834. The van der Waals surface area contributed by atoms with Gasteiger partial charge in [-0.05, 0) is 43.2 Å². The van der Waals surface area contributed by atoms with Crippen LogP contribution < -0.4 is 19.5 Å². The molecule has 2 aromatic carbocycles. The van der Waals surface area contributed by atoms with Crippen LogP contribution in [0.1, 0.15) is 43.4 Å². The molecule has 1 unspecified atom stereocenters. The van der Waals surface area contributed by atoms with Gasteiger partial charge >= 0.3 is 5.97 Å². The Morgan fingerprint density at radius 3 is 2.40 bits per heavy atom. The molecule has 0 aromatic heterocycles. The van der Waals surface area contributed by atoms with Gasteiger partial charge in [0.05, 0.1) is 39.2 Å². The summed E-state index contributed by atoms with van der Waals surface area (Å²) in [7, 11) is 1.52. The Morgan fingerprint density at radius 2 is 1.77 bits per heavy atom. The summed E-state index contributed by atoms with van der Waals surface area (Å²) in [5.74, 6) is 0.450. The quantitative estimate of drug-likeness (QED) is 0.546. The molecule has 2 rings (SSSR count). The molecule has 0 radical (unpaired) electrons. The molecule has 0 aliphatic carbocycles. The van der Waals surface area contributed by atoms with E-state index in [1.54, 1.807) is 18.2 Å². The molecule has 0 saturated heterocycles. The van der Waals surface area contributed by atoms with Gasteiger partial charge in [-0.25, -0.2) is 0 Å². The molecular formula is C23H29NO6. The molecule has 30 heavy (non-hydrogen) atoms. The fourth-order valence-corrected chi connectivity index (χ4v) is 2.82. The van der Waals surface area contributed by atoms with Crippen LogP contribution in [-0.4, -0.2) is 37.3 Å². The fourth-order valence-electron chi connectivity index (χ4n) is 2.82. The molecular weight excluding hydrogens is 386 g/mol. The fraction of sp³-hybridized carbons (Fsp3) is 0.391. The molecule has 0 bridgehead atoms. The van der Waals surface area contributed by atoms with Gasteiger partial charge in [0.2, 0.25) is 5.91 Å². The zero-order valence-corrected chi connectivity index (χ0v) is 17.6. The number of carboxylic acids is 1. The predicted molar refractivity (Wildman–Crippen MR) is 113 cm³/mol. The van der Waals surface area contributed by atoms with Crippen LogP contribution in [0.25, 0.3) is 0 Å². The van der Waals surface area contributed by atoms with Crippen molar-refractivity contribution >= 4 is 11.9 Å². The molecule has 2 aromatic rings. The van der Waals surface area contributed by atoms with E-state index in [1.807, 2.05) is 38.1 Å². The molecule has 0 spiro atoms. The van der Waals surface area contributed by atoms with Crippen LogP contribution in [0.4, 0.5) is 0 Å². The van der Waals surface area contributed by atoms with E-state index in [1.165, 1.54) is 7.11 Å². The van der Waals surface area contributed by atoms with Gasteiger partial charge < -0.3 is 24.6 Å². The second-order valence-electron chi connectivity index (χ2n) is 6.89. The lowest BCUT2D eigenvalue weighted by molar-refractivity contribution is -0.137. The van der Waals surface area contributed by atoms with E-state index >= 15 is 0 Å². The van der Waals surface area contributed by atoms with Crippen molar-refractivity contribution in [2.24, 2.45) is 0 Å². The zero-order valence-electron chi connectivity index (χ0n) is 17.6. The third-order valence-electron chi connectivity index (χ3n) is 4.38. The predicted octanol–water partition coefficient (Wildman–Crippen LogP) is 3.89. The minimum Gasteiger partial charge on any atom is -0.493 e. The largest absolute Gasteiger partial charge is 0.493 e. The number of carboxylic acid groups (broad SMARTS) is 1. The first-order valence-electron chi connectivity index (χ1n) is 9.94. The first-order valence-corrected chi connectivity index (χ1v) is 9.94. The zero-order chi connectivity index (χ0) is 21.9. The normalized spacial score (nSPS) is 11.4.